The van der Waals surface area contributed by atoms with Gasteiger partial charge in [-0.1, -0.05) is 20.8 Å². The van der Waals surface area contributed by atoms with Gasteiger partial charge in [-0.15, -0.1) is 16.4 Å². The highest BCUT2D eigenvalue weighted by Crippen LogP contribution is 2.43. The van der Waals surface area contributed by atoms with Crippen LogP contribution in [-0.4, -0.2) is 66.9 Å². The summed E-state index contributed by atoms with van der Waals surface area (Å²) in [7, 11) is 0. The molecule has 0 fully saturated rings. The number of carbonyl (C=O) groups excluding carboxylic acids is 1. The zero-order valence-corrected chi connectivity index (χ0v) is 17.9. The van der Waals surface area contributed by atoms with Crippen LogP contribution in [0.3, 0.4) is 0 Å². The first-order valence-corrected chi connectivity index (χ1v) is 10.8. The zero-order chi connectivity index (χ0) is 20.8. The maximum Gasteiger partial charge on any atom is 0.293 e. The fourth-order valence-corrected chi connectivity index (χ4v) is 5.36. The number of nitrogens with zero attached hydrogens (tertiary/aromatic N) is 5. The Balaban J connectivity index is 1.75. The van der Waals surface area contributed by atoms with E-state index in [2.05, 4.69) is 35.8 Å². The fourth-order valence-electron chi connectivity index (χ4n) is 4.10. The summed E-state index contributed by atoms with van der Waals surface area (Å²) in [5.74, 6) is 0.297. The quantitative estimate of drug-likeness (QED) is 0.657. The molecule has 0 radical (unpaired) electrons. The van der Waals surface area contributed by atoms with Crippen LogP contribution in [0, 0.1) is 11.3 Å². The molecule has 3 heterocycles. The number of fused-ring (bicyclic) bond motifs is 5. The van der Waals surface area contributed by atoms with E-state index in [0.717, 1.165) is 29.5 Å². The Bertz CT molecular complexity index is 1050. The van der Waals surface area contributed by atoms with Gasteiger partial charge in [0.25, 0.3) is 5.91 Å². The molecule has 0 aliphatic heterocycles. The van der Waals surface area contributed by atoms with Crippen LogP contribution in [0.15, 0.2) is 6.33 Å². The molecule has 0 bridgehead atoms. The lowest BCUT2D eigenvalue weighted by Crippen LogP contribution is -2.36. The Morgan fingerprint density at radius 2 is 2.03 bits per heavy atom. The van der Waals surface area contributed by atoms with Gasteiger partial charge in [0.2, 0.25) is 5.82 Å². The molecule has 1 aliphatic rings. The number of aryl methyl sites for hydroxylation is 1. The minimum absolute atomic E-state index is 0.0597. The number of aliphatic hydroxyl groups excluding tert-OH is 2. The maximum absolute atomic E-state index is 12.8. The predicted octanol–water partition coefficient (Wildman–Crippen LogP) is 1.92. The van der Waals surface area contributed by atoms with Crippen molar-refractivity contribution in [1.29, 1.82) is 0 Å². The van der Waals surface area contributed by atoms with Crippen LogP contribution in [0.4, 0.5) is 0 Å². The molecular formula is C20H27N5O3S. The van der Waals surface area contributed by atoms with Gasteiger partial charge in [-0.25, -0.2) is 14.5 Å². The summed E-state index contributed by atoms with van der Waals surface area (Å²) in [4.78, 5) is 25.5. The number of amides is 1. The second-order valence-corrected chi connectivity index (χ2v) is 9.76. The Hall–Kier alpha value is -2.10. The Morgan fingerprint density at radius 1 is 1.31 bits per heavy atom. The van der Waals surface area contributed by atoms with E-state index in [1.54, 1.807) is 22.2 Å². The summed E-state index contributed by atoms with van der Waals surface area (Å²) in [6, 6.07) is 0. The van der Waals surface area contributed by atoms with Crippen molar-refractivity contribution in [2.45, 2.75) is 40.0 Å². The zero-order valence-electron chi connectivity index (χ0n) is 17.1. The first-order valence-electron chi connectivity index (χ1n) is 10.00. The van der Waals surface area contributed by atoms with Gasteiger partial charge in [0, 0.05) is 18.0 Å². The number of thiophene rings is 1. The second-order valence-electron chi connectivity index (χ2n) is 8.68. The first-order chi connectivity index (χ1) is 13.8. The summed E-state index contributed by atoms with van der Waals surface area (Å²) in [6.45, 7) is 6.79. The highest BCUT2D eigenvalue weighted by Gasteiger charge is 2.32. The van der Waals surface area contributed by atoms with E-state index in [-0.39, 0.29) is 37.5 Å². The van der Waals surface area contributed by atoms with E-state index in [4.69, 9.17) is 0 Å². The molecule has 8 nitrogen and oxygen atoms in total. The van der Waals surface area contributed by atoms with Gasteiger partial charge in [0.15, 0.2) is 5.65 Å². The third-order valence-electron chi connectivity index (χ3n) is 5.83. The largest absolute Gasteiger partial charge is 0.395 e. The van der Waals surface area contributed by atoms with Crippen molar-refractivity contribution in [2.24, 2.45) is 11.3 Å². The number of hydrogen-bond donors (Lipinski definition) is 2. The highest BCUT2D eigenvalue weighted by atomic mass is 32.1. The molecular weight excluding hydrogens is 390 g/mol. The molecule has 1 atom stereocenters. The Kier molecular flexibility index (Phi) is 5.30. The van der Waals surface area contributed by atoms with Crippen molar-refractivity contribution in [3.05, 3.63) is 22.6 Å². The van der Waals surface area contributed by atoms with Crippen LogP contribution in [0.5, 0.6) is 0 Å². The Morgan fingerprint density at radius 3 is 2.69 bits per heavy atom. The molecule has 2 N–H and O–H groups in total. The number of hydrogen-bond acceptors (Lipinski definition) is 7. The van der Waals surface area contributed by atoms with Crippen LogP contribution in [0.25, 0.3) is 15.9 Å². The third kappa shape index (κ3) is 3.62. The molecule has 0 saturated carbocycles. The minimum atomic E-state index is -0.401. The molecule has 1 aliphatic carbocycles. The number of aromatic nitrogens is 4. The van der Waals surface area contributed by atoms with Crippen molar-refractivity contribution < 1.29 is 15.0 Å². The molecule has 0 unspecified atom stereocenters. The average molecular weight is 418 g/mol. The molecule has 1 amide bonds. The van der Waals surface area contributed by atoms with Crippen molar-refractivity contribution in [2.75, 3.05) is 26.3 Å². The normalized spacial score (nSPS) is 17.1. The highest BCUT2D eigenvalue weighted by molar-refractivity contribution is 7.19. The monoisotopic (exact) mass is 417 g/mol. The number of carbonyl (C=O) groups is 1. The lowest BCUT2D eigenvalue weighted by Gasteiger charge is -2.33. The summed E-state index contributed by atoms with van der Waals surface area (Å²) < 4.78 is 1.56. The molecule has 3 aromatic heterocycles. The topological polar surface area (TPSA) is 104 Å². The van der Waals surface area contributed by atoms with Gasteiger partial charge in [0.05, 0.1) is 18.6 Å². The summed E-state index contributed by atoms with van der Waals surface area (Å²) in [6.07, 6.45) is 4.76. The molecule has 29 heavy (non-hydrogen) atoms. The van der Waals surface area contributed by atoms with Crippen LogP contribution >= 0.6 is 11.3 Å². The Labute approximate surface area is 173 Å². The summed E-state index contributed by atoms with van der Waals surface area (Å²) >= 11 is 1.72. The van der Waals surface area contributed by atoms with Gasteiger partial charge in [-0.05, 0) is 36.2 Å². The predicted molar refractivity (Wildman–Crippen MR) is 111 cm³/mol. The van der Waals surface area contributed by atoms with Crippen molar-refractivity contribution in [3.63, 3.8) is 0 Å². The van der Waals surface area contributed by atoms with Crippen molar-refractivity contribution >= 4 is 33.1 Å². The van der Waals surface area contributed by atoms with Gasteiger partial charge in [-0.3, -0.25) is 4.79 Å². The first kappa shape index (κ1) is 20.2. The van der Waals surface area contributed by atoms with Crippen LogP contribution in [-0.2, 0) is 12.8 Å². The lowest BCUT2D eigenvalue weighted by molar-refractivity contribution is 0.0673. The molecule has 0 aromatic carbocycles. The van der Waals surface area contributed by atoms with E-state index in [1.165, 1.54) is 15.3 Å². The van der Waals surface area contributed by atoms with Crippen LogP contribution < -0.4 is 0 Å². The van der Waals surface area contributed by atoms with Crippen LogP contribution in [0.2, 0.25) is 0 Å². The second kappa shape index (κ2) is 7.62. The molecule has 0 saturated heterocycles. The minimum Gasteiger partial charge on any atom is -0.395 e. The van der Waals surface area contributed by atoms with Crippen molar-refractivity contribution in [1.82, 2.24) is 24.5 Å². The van der Waals surface area contributed by atoms with Gasteiger partial charge >= 0.3 is 0 Å². The SMILES string of the molecule is CC(C)(C)[C@H]1CCc2c(sc3ncn4nc(C(=O)N(CCO)CCO)nc4c23)C1. The van der Waals surface area contributed by atoms with E-state index >= 15 is 0 Å². The van der Waals surface area contributed by atoms with Crippen molar-refractivity contribution in [3.8, 4) is 0 Å². The van der Waals surface area contributed by atoms with E-state index in [9.17, 15) is 15.0 Å². The summed E-state index contributed by atoms with van der Waals surface area (Å²) in [5.41, 5.74) is 2.21. The molecule has 4 rings (SSSR count). The standard InChI is InChI=1S/C20H27N5O3S/c1-20(2,3)12-4-5-13-14(10-12)29-18-15(13)17-22-16(23-25(17)11-21-18)19(28)24(6-8-26)7-9-27/h11-12,26-27H,4-10H2,1-3H3/t12-/m0/s1. The molecule has 0 spiro atoms. The van der Waals surface area contributed by atoms with Gasteiger partial charge in [0.1, 0.15) is 11.2 Å². The number of aliphatic hydroxyl groups is 2. The maximum atomic E-state index is 12.8. The smallest absolute Gasteiger partial charge is 0.293 e. The van der Waals surface area contributed by atoms with E-state index in [0.29, 0.717) is 11.6 Å². The molecule has 3 aromatic rings. The summed E-state index contributed by atoms with van der Waals surface area (Å²) in [5, 5.41) is 23.7. The lowest BCUT2D eigenvalue weighted by atomic mass is 9.72. The molecule has 9 heteroatoms. The number of rotatable bonds is 5. The van der Waals surface area contributed by atoms with Gasteiger partial charge in [-0.2, -0.15) is 0 Å². The third-order valence-corrected chi connectivity index (χ3v) is 6.99. The average Bonchev–Trinajstić information content (AvgIpc) is 3.26. The fraction of sp³-hybridized carbons (Fsp3) is 0.600. The van der Waals surface area contributed by atoms with E-state index in [1.807, 2.05) is 0 Å². The van der Waals surface area contributed by atoms with Crippen LogP contribution in [0.1, 0.15) is 48.3 Å². The van der Waals surface area contributed by atoms with Gasteiger partial charge < -0.3 is 15.1 Å². The molecule has 156 valence electrons. The van der Waals surface area contributed by atoms with E-state index < -0.39 is 5.91 Å².